The van der Waals surface area contributed by atoms with Crippen molar-refractivity contribution in [3.8, 4) is 0 Å². The van der Waals surface area contributed by atoms with E-state index in [4.69, 9.17) is 0 Å². The Labute approximate surface area is 129 Å². The van der Waals surface area contributed by atoms with Crippen LogP contribution in [0.15, 0.2) is 35.6 Å². The smallest absolute Gasteiger partial charge is 0.268 e. The predicted octanol–water partition coefficient (Wildman–Crippen LogP) is 1.72. The first-order chi connectivity index (χ1) is 10.3. The summed E-state index contributed by atoms with van der Waals surface area (Å²) in [5.74, 6) is -0.277. The highest BCUT2D eigenvalue weighted by atomic mass is 16.2. The Kier molecular flexibility index (Phi) is 4.49. The highest BCUT2D eigenvalue weighted by Gasteiger charge is 2.27. The number of hydrogen-bond acceptors (Lipinski definition) is 3. The second kappa shape index (κ2) is 6.17. The molecule has 0 bridgehead atoms. The molecule has 0 saturated carbocycles. The maximum Gasteiger partial charge on any atom is 0.268 e. The molecule has 0 aliphatic heterocycles. The molecule has 2 rings (SSSR count). The Hall–Kier alpha value is -2.37. The van der Waals surface area contributed by atoms with Crippen LogP contribution in [0, 0.1) is 12.3 Å². The maximum atomic E-state index is 12.4. The minimum atomic E-state index is -0.277. The lowest BCUT2D eigenvalue weighted by Gasteiger charge is -2.31. The lowest BCUT2D eigenvalue weighted by molar-refractivity contribution is 0.0887. The van der Waals surface area contributed by atoms with E-state index in [2.05, 4.69) is 36.1 Å². The fraction of sp³-hybridized carbons (Fsp3) is 0.438. The molecule has 1 amide bonds. The van der Waals surface area contributed by atoms with Crippen LogP contribution in [-0.2, 0) is 6.54 Å². The minimum Gasteiger partial charge on any atom is -0.354 e. The van der Waals surface area contributed by atoms with Crippen LogP contribution in [0.4, 0.5) is 0 Å². The number of nitrogens with zero attached hydrogens (tertiary/aromatic N) is 2. The van der Waals surface area contributed by atoms with Crippen molar-refractivity contribution in [2.24, 2.45) is 5.41 Å². The highest BCUT2D eigenvalue weighted by molar-refractivity contribution is 5.92. The first-order valence-electron chi connectivity index (χ1n) is 7.23. The summed E-state index contributed by atoms with van der Waals surface area (Å²) in [6, 6.07) is 2.68. The molecule has 2 heterocycles. The molecule has 0 saturated heterocycles. The number of pyridine rings is 1. The van der Waals surface area contributed by atoms with E-state index in [9.17, 15) is 9.59 Å². The van der Waals surface area contributed by atoms with Gasteiger partial charge in [-0.3, -0.25) is 9.59 Å². The van der Waals surface area contributed by atoms with Crippen molar-refractivity contribution < 1.29 is 4.79 Å². The summed E-state index contributed by atoms with van der Waals surface area (Å²) >= 11 is 0. The number of rotatable bonds is 4. The van der Waals surface area contributed by atoms with Gasteiger partial charge in [-0.1, -0.05) is 20.8 Å². The molecule has 0 aliphatic rings. The zero-order valence-corrected chi connectivity index (χ0v) is 13.4. The van der Waals surface area contributed by atoms with Crippen molar-refractivity contribution >= 4 is 5.91 Å². The molecule has 0 aromatic carbocycles. The average Bonchev–Trinajstić information content (AvgIpc) is 2.88. The van der Waals surface area contributed by atoms with Gasteiger partial charge < -0.3 is 14.9 Å². The van der Waals surface area contributed by atoms with E-state index in [1.165, 1.54) is 12.1 Å². The van der Waals surface area contributed by atoms with Crippen molar-refractivity contribution in [1.82, 2.24) is 19.9 Å². The molecule has 2 aromatic heterocycles. The van der Waals surface area contributed by atoms with Crippen LogP contribution in [0.2, 0.25) is 0 Å². The number of amides is 1. The second-order valence-corrected chi connectivity index (χ2v) is 6.56. The number of H-pyrrole nitrogens is 1. The summed E-state index contributed by atoms with van der Waals surface area (Å²) in [5.41, 5.74) is 0.636. The van der Waals surface area contributed by atoms with E-state index in [0.29, 0.717) is 12.2 Å². The standard InChI is InChI=1S/C16H22N4O2/c1-11-7-12(21)8-13(18-11)15(22)19-14(16(2,3)4)9-20-6-5-17-10-20/h5-8,10,14H,9H2,1-4H3,(H,18,21)(H,19,22)/t14-/m1/s1. The third-order valence-electron chi connectivity index (χ3n) is 3.53. The van der Waals surface area contributed by atoms with Gasteiger partial charge >= 0.3 is 0 Å². The Balaban J connectivity index is 2.19. The van der Waals surface area contributed by atoms with E-state index in [0.717, 1.165) is 0 Å². The number of nitrogens with one attached hydrogen (secondary N) is 2. The normalized spacial score (nSPS) is 12.9. The molecule has 22 heavy (non-hydrogen) atoms. The van der Waals surface area contributed by atoms with Crippen LogP contribution >= 0.6 is 0 Å². The van der Waals surface area contributed by atoms with Gasteiger partial charge in [0.25, 0.3) is 5.91 Å². The minimum absolute atomic E-state index is 0.0989. The quantitative estimate of drug-likeness (QED) is 0.902. The summed E-state index contributed by atoms with van der Waals surface area (Å²) in [6.45, 7) is 8.56. The van der Waals surface area contributed by atoms with Crippen molar-refractivity contribution in [3.63, 3.8) is 0 Å². The first kappa shape index (κ1) is 16.0. The van der Waals surface area contributed by atoms with Gasteiger partial charge in [0.05, 0.1) is 12.4 Å². The van der Waals surface area contributed by atoms with E-state index in [-0.39, 0.29) is 28.5 Å². The molecule has 0 aliphatic carbocycles. The molecule has 118 valence electrons. The predicted molar refractivity (Wildman–Crippen MR) is 84.7 cm³/mol. The van der Waals surface area contributed by atoms with Gasteiger partial charge in [-0.25, -0.2) is 4.98 Å². The molecule has 0 unspecified atom stereocenters. The van der Waals surface area contributed by atoms with Crippen molar-refractivity contribution in [2.45, 2.75) is 40.3 Å². The third-order valence-corrected chi connectivity index (χ3v) is 3.53. The van der Waals surface area contributed by atoms with Gasteiger partial charge in [-0.2, -0.15) is 0 Å². The van der Waals surface area contributed by atoms with Crippen molar-refractivity contribution in [3.05, 3.63) is 52.5 Å². The number of aryl methyl sites for hydroxylation is 1. The molecule has 6 heteroatoms. The van der Waals surface area contributed by atoms with Crippen LogP contribution in [0.1, 0.15) is 37.0 Å². The molecular weight excluding hydrogens is 280 g/mol. The molecule has 6 nitrogen and oxygen atoms in total. The number of hydrogen-bond donors (Lipinski definition) is 2. The average molecular weight is 302 g/mol. The van der Waals surface area contributed by atoms with Gasteiger partial charge in [0.2, 0.25) is 0 Å². The largest absolute Gasteiger partial charge is 0.354 e. The van der Waals surface area contributed by atoms with Crippen LogP contribution < -0.4 is 10.7 Å². The van der Waals surface area contributed by atoms with Crippen LogP contribution in [0.3, 0.4) is 0 Å². The second-order valence-electron chi connectivity index (χ2n) is 6.56. The van der Waals surface area contributed by atoms with Crippen molar-refractivity contribution in [2.75, 3.05) is 0 Å². The highest BCUT2D eigenvalue weighted by Crippen LogP contribution is 2.21. The SMILES string of the molecule is Cc1cc(=O)cc(C(=O)N[C@H](Cn2ccnc2)C(C)(C)C)[nH]1. The summed E-state index contributed by atoms with van der Waals surface area (Å²) in [5, 5.41) is 3.01. The van der Waals surface area contributed by atoms with E-state index in [1.807, 2.05) is 10.8 Å². The molecule has 1 atom stereocenters. The fourth-order valence-corrected chi connectivity index (χ4v) is 2.18. The lowest BCUT2D eigenvalue weighted by Crippen LogP contribution is -2.46. The molecule has 0 fully saturated rings. The summed E-state index contributed by atoms with van der Waals surface area (Å²) < 4.78 is 1.93. The van der Waals surface area contributed by atoms with Gasteiger partial charge in [0.15, 0.2) is 5.43 Å². The molecular formula is C16H22N4O2. The van der Waals surface area contributed by atoms with Gasteiger partial charge in [0, 0.05) is 36.8 Å². The van der Waals surface area contributed by atoms with Crippen LogP contribution in [-0.4, -0.2) is 26.5 Å². The van der Waals surface area contributed by atoms with Gasteiger partial charge in [-0.05, 0) is 12.3 Å². The monoisotopic (exact) mass is 302 g/mol. The number of carbonyl (C=O) groups is 1. The third kappa shape index (κ3) is 4.07. The topological polar surface area (TPSA) is 79.8 Å². The maximum absolute atomic E-state index is 12.4. The molecule has 0 radical (unpaired) electrons. The number of aromatic amines is 1. The fourth-order valence-electron chi connectivity index (χ4n) is 2.18. The summed E-state index contributed by atoms with van der Waals surface area (Å²) in [4.78, 5) is 30.9. The lowest BCUT2D eigenvalue weighted by atomic mass is 9.86. The van der Waals surface area contributed by atoms with E-state index < -0.39 is 0 Å². The number of carbonyl (C=O) groups excluding carboxylic acids is 1. The first-order valence-corrected chi connectivity index (χ1v) is 7.23. The van der Waals surface area contributed by atoms with Crippen molar-refractivity contribution in [1.29, 1.82) is 0 Å². The molecule has 2 N–H and O–H groups in total. The summed E-state index contributed by atoms with van der Waals surface area (Å²) in [7, 11) is 0. The Morgan fingerprint density at radius 1 is 1.41 bits per heavy atom. The molecule has 0 spiro atoms. The van der Waals surface area contributed by atoms with Gasteiger partial charge in [0.1, 0.15) is 5.69 Å². The van der Waals surface area contributed by atoms with E-state index >= 15 is 0 Å². The zero-order valence-electron chi connectivity index (χ0n) is 13.4. The van der Waals surface area contributed by atoms with Gasteiger partial charge in [-0.15, -0.1) is 0 Å². The Morgan fingerprint density at radius 2 is 2.14 bits per heavy atom. The van der Waals surface area contributed by atoms with E-state index in [1.54, 1.807) is 19.4 Å². The zero-order chi connectivity index (χ0) is 16.3. The number of aromatic nitrogens is 3. The van der Waals surface area contributed by atoms with Crippen LogP contribution in [0.5, 0.6) is 0 Å². The van der Waals surface area contributed by atoms with Crippen LogP contribution in [0.25, 0.3) is 0 Å². The Bertz CT molecular complexity index is 696. The molecule has 2 aromatic rings. The Morgan fingerprint density at radius 3 is 2.68 bits per heavy atom. The number of imidazole rings is 1. The summed E-state index contributed by atoms with van der Waals surface area (Å²) in [6.07, 6.45) is 5.29.